The van der Waals surface area contributed by atoms with Gasteiger partial charge in [-0.2, -0.15) is 13.2 Å². The van der Waals surface area contributed by atoms with Gasteiger partial charge in [-0.25, -0.2) is 4.39 Å². The second-order valence-corrected chi connectivity index (χ2v) is 6.45. The number of nitrogens with one attached hydrogen (secondary N) is 1. The number of hydrogen-bond donors (Lipinski definition) is 1. The maximum Gasteiger partial charge on any atom is 0.392 e. The van der Waals surface area contributed by atoms with Crippen molar-refractivity contribution in [1.29, 1.82) is 0 Å². The van der Waals surface area contributed by atoms with Gasteiger partial charge in [0.2, 0.25) is 5.91 Å². The third kappa shape index (κ3) is 4.44. The van der Waals surface area contributed by atoms with E-state index in [0.717, 1.165) is 0 Å². The van der Waals surface area contributed by atoms with Crippen LogP contribution in [0.3, 0.4) is 0 Å². The van der Waals surface area contributed by atoms with E-state index in [1.165, 1.54) is 12.1 Å². The molecule has 22 heavy (non-hydrogen) atoms. The third-order valence-electron chi connectivity index (χ3n) is 3.91. The summed E-state index contributed by atoms with van der Waals surface area (Å²) in [6.07, 6.45) is -3.01. The molecular weight excluding hydrogens is 366 g/mol. The molecule has 2 unspecified atom stereocenters. The first-order valence-electron chi connectivity index (χ1n) is 7.07. The summed E-state index contributed by atoms with van der Waals surface area (Å²) < 4.78 is 52.7. The number of carbonyl (C=O) groups is 1. The SMILES string of the molecule is O=C(NCc1cc(F)cc(Br)c1)C1CCCCC1C(F)(F)F. The summed E-state index contributed by atoms with van der Waals surface area (Å²) in [6, 6.07) is 4.13. The third-order valence-corrected chi connectivity index (χ3v) is 4.37. The number of alkyl halides is 3. The Bertz CT molecular complexity index is 527. The molecule has 0 bridgehead atoms. The first-order chi connectivity index (χ1) is 10.3. The van der Waals surface area contributed by atoms with Crippen molar-refractivity contribution in [3.8, 4) is 0 Å². The highest BCUT2D eigenvalue weighted by molar-refractivity contribution is 9.10. The van der Waals surface area contributed by atoms with Gasteiger partial charge in [0.15, 0.2) is 0 Å². The molecule has 2 nitrogen and oxygen atoms in total. The van der Waals surface area contributed by atoms with E-state index >= 15 is 0 Å². The predicted octanol–water partition coefficient (Wildman–Crippen LogP) is 4.57. The van der Waals surface area contributed by atoms with Crippen LogP contribution in [0.5, 0.6) is 0 Å². The molecule has 122 valence electrons. The molecule has 1 aliphatic rings. The van der Waals surface area contributed by atoms with Crippen LogP contribution in [0.15, 0.2) is 22.7 Å². The molecule has 2 atom stereocenters. The fourth-order valence-electron chi connectivity index (χ4n) is 2.87. The van der Waals surface area contributed by atoms with E-state index in [-0.39, 0.29) is 19.4 Å². The summed E-state index contributed by atoms with van der Waals surface area (Å²) >= 11 is 3.13. The largest absolute Gasteiger partial charge is 0.392 e. The molecule has 2 rings (SSSR count). The zero-order valence-corrected chi connectivity index (χ0v) is 13.3. The molecule has 0 radical (unpaired) electrons. The van der Waals surface area contributed by atoms with E-state index in [1.807, 2.05) is 0 Å². The van der Waals surface area contributed by atoms with Crippen LogP contribution in [0, 0.1) is 17.7 Å². The normalized spacial score (nSPS) is 22.4. The Hall–Kier alpha value is -1.11. The minimum atomic E-state index is -4.36. The lowest BCUT2D eigenvalue weighted by Gasteiger charge is -2.32. The van der Waals surface area contributed by atoms with Gasteiger partial charge < -0.3 is 5.32 Å². The van der Waals surface area contributed by atoms with E-state index in [2.05, 4.69) is 21.2 Å². The maximum absolute atomic E-state index is 13.2. The van der Waals surface area contributed by atoms with Crippen LogP contribution in [0.2, 0.25) is 0 Å². The molecule has 1 saturated carbocycles. The monoisotopic (exact) mass is 381 g/mol. The van der Waals surface area contributed by atoms with Crippen LogP contribution >= 0.6 is 15.9 Å². The number of carbonyl (C=O) groups excluding carboxylic acids is 1. The van der Waals surface area contributed by atoms with Gasteiger partial charge >= 0.3 is 6.18 Å². The summed E-state index contributed by atoms with van der Waals surface area (Å²) in [5, 5.41) is 2.50. The molecule has 1 aromatic rings. The molecule has 1 amide bonds. The summed E-state index contributed by atoms with van der Waals surface area (Å²) in [4.78, 5) is 12.1. The van der Waals surface area contributed by atoms with E-state index < -0.39 is 29.7 Å². The molecule has 0 aliphatic heterocycles. The highest BCUT2D eigenvalue weighted by atomic mass is 79.9. The Labute approximate surface area is 134 Å². The van der Waals surface area contributed by atoms with Crippen molar-refractivity contribution < 1.29 is 22.4 Å². The number of hydrogen-bond acceptors (Lipinski definition) is 1. The lowest BCUT2D eigenvalue weighted by atomic mass is 9.78. The van der Waals surface area contributed by atoms with Crippen molar-refractivity contribution in [1.82, 2.24) is 5.32 Å². The lowest BCUT2D eigenvalue weighted by Crippen LogP contribution is -2.42. The van der Waals surface area contributed by atoms with Gasteiger partial charge in [-0.05, 0) is 36.6 Å². The van der Waals surface area contributed by atoms with Crippen molar-refractivity contribution in [3.63, 3.8) is 0 Å². The Morgan fingerprint density at radius 3 is 2.55 bits per heavy atom. The molecule has 1 N–H and O–H groups in total. The fourth-order valence-corrected chi connectivity index (χ4v) is 3.38. The molecule has 7 heteroatoms. The zero-order chi connectivity index (χ0) is 16.3. The number of rotatable bonds is 3. The standard InChI is InChI=1S/C15H16BrF4NO/c16-10-5-9(6-11(17)7-10)8-21-14(22)12-3-1-2-4-13(12)15(18,19)20/h5-7,12-13H,1-4,8H2,(H,21,22). The van der Waals surface area contributed by atoms with Gasteiger partial charge in [0, 0.05) is 16.9 Å². The Kier molecular flexibility index (Phi) is 5.47. The Balaban J connectivity index is 2.01. The maximum atomic E-state index is 13.2. The van der Waals surface area contributed by atoms with Crippen LogP contribution in [0.4, 0.5) is 17.6 Å². The molecule has 1 aliphatic carbocycles. The lowest BCUT2D eigenvalue weighted by molar-refractivity contribution is -0.198. The second-order valence-electron chi connectivity index (χ2n) is 5.53. The van der Waals surface area contributed by atoms with Crippen LogP contribution < -0.4 is 5.32 Å². The van der Waals surface area contributed by atoms with Crippen molar-refractivity contribution in [3.05, 3.63) is 34.1 Å². The van der Waals surface area contributed by atoms with Gasteiger partial charge in [0.25, 0.3) is 0 Å². The van der Waals surface area contributed by atoms with Gasteiger partial charge in [0.05, 0.1) is 5.92 Å². The summed E-state index contributed by atoms with van der Waals surface area (Å²) in [5.41, 5.74) is 0.500. The zero-order valence-electron chi connectivity index (χ0n) is 11.7. The highest BCUT2D eigenvalue weighted by Gasteiger charge is 2.47. The molecule has 1 aromatic carbocycles. The van der Waals surface area contributed by atoms with Crippen molar-refractivity contribution in [2.75, 3.05) is 0 Å². The van der Waals surface area contributed by atoms with E-state index in [0.29, 0.717) is 22.9 Å². The quantitative estimate of drug-likeness (QED) is 0.763. The van der Waals surface area contributed by atoms with Gasteiger partial charge in [-0.15, -0.1) is 0 Å². The van der Waals surface area contributed by atoms with Crippen LogP contribution in [-0.4, -0.2) is 12.1 Å². The summed E-state index contributed by atoms with van der Waals surface area (Å²) in [6.45, 7) is 0.0102. The van der Waals surface area contributed by atoms with Crippen molar-refractivity contribution >= 4 is 21.8 Å². The minimum Gasteiger partial charge on any atom is -0.352 e. The van der Waals surface area contributed by atoms with E-state index in [4.69, 9.17) is 0 Å². The summed E-state index contributed by atoms with van der Waals surface area (Å²) in [7, 11) is 0. The molecular formula is C15H16BrF4NO. The smallest absolute Gasteiger partial charge is 0.352 e. The predicted molar refractivity (Wildman–Crippen MR) is 77.4 cm³/mol. The topological polar surface area (TPSA) is 29.1 Å². The molecule has 0 aromatic heterocycles. The first-order valence-corrected chi connectivity index (χ1v) is 7.86. The minimum absolute atomic E-state index is 0.00685. The molecule has 0 saturated heterocycles. The molecule has 0 heterocycles. The van der Waals surface area contributed by atoms with E-state index in [9.17, 15) is 22.4 Å². The van der Waals surface area contributed by atoms with Gasteiger partial charge in [-0.3, -0.25) is 4.79 Å². The number of amides is 1. The average Bonchev–Trinajstić information content (AvgIpc) is 2.43. The fraction of sp³-hybridized carbons (Fsp3) is 0.533. The first kappa shape index (κ1) is 17.2. The number of halogens is 5. The van der Waals surface area contributed by atoms with Crippen LogP contribution in [0.1, 0.15) is 31.2 Å². The van der Waals surface area contributed by atoms with E-state index in [1.54, 1.807) is 6.07 Å². The van der Waals surface area contributed by atoms with Crippen LogP contribution in [-0.2, 0) is 11.3 Å². The Morgan fingerprint density at radius 1 is 1.23 bits per heavy atom. The summed E-state index contributed by atoms with van der Waals surface area (Å²) in [5.74, 6) is -3.71. The van der Waals surface area contributed by atoms with Crippen LogP contribution in [0.25, 0.3) is 0 Å². The van der Waals surface area contributed by atoms with Gasteiger partial charge in [-0.1, -0.05) is 28.8 Å². The molecule has 0 spiro atoms. The highest BCUT2D eigenvalue weighted by Crippen LogP contribution is 2.41. The number of benzene rings is 1. The second kappa shape index (κ2) is 6.98. The Morgan fingerprint density at radius 2 is 1.91 bits per heavy atom. The molecule has 1 fully saturated rings. The van der Waals surface area contributed by atoms with Crippen molar-refractivity contribution in [2.24, 2.45) is 11.8 Å². The average molecular weight is 382 g/mol. The van der Waals surface area contributed by atoms with Crippen molar-refractivity contribution in [2.45, 2.75) is 38.4 Å². The van der Waals surface area contributed by atoms with Gasteiger partial charge in [0.1, 0.15) is 5.82 Å².